The first-order chi connectivity index (χ1) is 12.4. The molecule has 0 aliphatic rings. The van der Waals surface area contributed by atoms with Gasteiger partial charge in [0, 0.05) is 23.7 Å². The van der Waals surface area contributed by atoms with Gasteiger partial charge in [-0.3, -0.25) is 14.9 Å². The van der Waals surface area contributed by atoms with Crippen LogP contribution in [0.1, 0.15) is 6.92 Å². The number of aromatic nitrogens is 1. The van der Waals surface area contributed by atoms with Crippen LogP contribution in [-0.2, 0) is 9.59 Å². The zero-order valence-electron chi connectivity index (χ0n) is 13.5. The maximum atomic E-state index is 12.0. The number of oxazole rings is 1. The molecule has 0 saturated heterocycles. The lowest BCUT2D eigenvalue weighted by molar-refractivity contribution is -0.118. The van der Waals surface area contributed by atoms with Gasteiger partial charge >= 0.3 is 6.01 Å². The van der Waals surface area contributed by atoms with E-state index in [9.17, 15) is 9.59 Å². The molecule has 7 nitrogen and oxygen atoms in total. The van der Waals surface area contributed by atoms with Crippen molar-refractivity contribution in [3.8, 4) is 5.75 Å². The van der Waals surface area contributed by atoms with Gasteiger partial charge in [0.2, 0.25) is 5.91 Å². The maximum Gasteiger partial charge on any atom is 0.302 e. The minimum atomic E-state index is -0.468. The second kappa shape index (κ2) is 7.63. The molecular formula is C17H13Cl2N3O4. The van der Waals surface area contributed by atoms with Gasteiger partial charge in [-0.15, -0.1) is 0 Å². The number of nitrogens with zero attached hydrogens (tertiary/aromatic N) is 1. The molecule has 3 aromatic rings. The van der Waals surface area contributed by atoms with Crippen molar-refractivity contribution in [2.75, 3.05) is 17.2 Å². The fourth-order valence-corrected chi connectivity index (χ4v) is 2.61. The fourth-order valence-electron chi connectivity index (χ4n) is 2.15. The number of rotatable bonds is 5. The van der Waals surface area contributed by atoms with Crippen LogP contribution in [0, 0.1) is 0 Å². The van der Waals surface area contributed by atoms with E-state index in [1.165, 1.54) is 13.0 Å². The maximum absolute atomic E-state index is 12.0. The van der Waals surface area contributed by atoms with Gasteiger partial charge < -0.3 is 14.5 Å². The Kier molecular flexibility index (Phi) is 5.29. The molecule has 0 aliphatic carbocycles. The molecule has 2 N–H and O–H groups in total. The van der Waals surface area contributed by atoms with Gasteiger partial charge in [0.05, 0.1) is 5.02 Å². The second-order valence-corrected chi connectivity index (χ2v) is 6.14. The molecule has 1 aromatic heterocycles. The predicted molar refractivity (Wildman–Crippen MR) is 98.9 cm³/mol. The van der Waals surface area contributed by atoms with Crippen LogP contribution in [0.3, 0.4) is 0 Å². The monoisotopic (exact) mass is 393 g/mol. The van der Waals surface area contributed by atoms with Crippen molar-refractivity contribution in [2.45, 2.75) is 6.92 Å². The first-order valence-corrected chi connectivity index (χ1v) is 8.22. The predicted octanol–water partition coefficient (Wildman–Crippen LogP) is 4.11. The van der Waals surface area contributed by atoms with Crippen molar-refractivity contribution in [3.63, 3.8) is 0 Å². The lowest BCUT2D eigenvalue weighted by atomic mass is 10.3. The lowest BCUT2D eigenvalue weighted by Gasteiger charge is -2.07. The number of carbonyl (C=O) groups excluding carboxylic acids is 2. The summed E-state index contributed by atoms with van der Waals surface area (Å²) in [6.07, 6.45) is 0. The number of fused-ring (bicyclic) bond motifs is 1. The smallest absolute Gasteiger partial charge is 0.302 e. The van der Waals surface area contributed by atoms with Crippen molar-refractivity contribution in [2.24, 2.45) is 0 Å². The van der Waals surface area contributed by atoms with Crippen LogP contribution < -0.4 is 15.4 Å². The lowest BCUT2D eigenvalue weighted by Crippen LogP contribution is -2.20. The molecule has 1 heterocycles. The van der Waals surface area contributed by atoms with Crippen LogP contribution in [0.2, 0.25) is 10.0 Å². The summed E-state index contributed by atoms with van der Waals surface area (Å²) in [6, 6.07) is 9.69. The van der Waals surface area contributed by atoms with Crippen molar-refractivity contribution in [1.29, 1.82) is 0 Å². The van der Waals surface area contributed by atoms with Crippen LogP contribution in [0.15, 0.2) is 40.8 Å². The molecule has 0 spiro atoms. The van der Waals surface area contributed by atoms with Crippen molar-refractivity contribution >= 4 is 57.8 Å². The fraction of sp³-hybridized carbons (Fsp3) is 0.118. The van der Waals surface area contributed by atoms with E-state index in [0.29, 0.717) is 32.6 Å². The molecule has 0 unspecified atom stereocenters. The molecule has 0 atom stereocenters. The van der Waals surface area contributed by atoms with Crippen LogP contribution in [-0.4, -0.2) is 23.4 Å². The molecular weight excluding hydrogens is 381 g/mol. The van der Waals surface area contributed by atoms with Crippen molar-refractivity contribution < 1.29 is 18.7 Å². The summed E-state index contributed by atoms with van der Waals surface area (Å²) in [7, 11) is 0. The van der Waals surface area contributed by atoms with E-state index >= 15 is 0 Å². The van der Waals surface area contributed by atoms with Crippen LogP contribution in [0.25, 0.3) is 11.1 Å². The summed E-state index contributed by atoms with van der Waals surface area (Å²) >= 11 is 11.8. The number of ether oxygens (including phenoxy) is 1. The molecule has 0 fully saturated rings. The average Bonchev–Trinajstić information content (AvgIpc) is 2.94. The number of carbonyl (C=O) groups is 2. The Labute approximate surface area is 158 Å². The summed E-state index contributed by atoms with van der Waals surface area (Å²) in [5, 5.41) is 5.91. The standard InChI is InChI=1S/C17H13Cl2N3O4/c1-9(23)20-11-3-4-13-15(7-11)26-17(21-13)22-16(24)8-25-14-5-2-10(18)6-12(14)19/h2-7H,8H2,1H3,(H,20,23)(H,21,22,24). The SMILES string of the molecule is CC(=O)Nc1ccc2nc(NC(=O)COc3ccc(Cl)cc3Cl)oc2c1. The third-order valence-electron chi connectivity index (χ3n) is 3.21. The van der Waals surface area contributed by atoms with E-state index in [4.69, 9.17) is 32.4 Å². The minimum Gasteiger partial charge on any atom is -0.482 e. The van der Waals surface area contributed by atoms with Gasteiger partial charge in [-0.25, -0.2) is 0 Å². The van der Waals surface area contributed by atoms with E-state index < -0.39 is 5.91 Å². The third-order valence-corrected chi connectivity index (χ3v) is 3.74. The number of hydrogen-bond acceptors (Lipinski definition) is 5. The molecule has 26 heavy (non-hydrogen) atoms. The van der Waals surface area contributed by atoms with E-state index in [-0.39, 0.29) is 18.5 Å². The van der Waals surface area contributed by atoms with E-state index in [0.717, 1.165) is 0 Å². The molecule has 3 rings (SSSR count). The van der Waals surface area contributed by atoms with Gasteiger partial charge in [-0.05, 0) is 30.3 Å². The molecule has 0 aliphatic heterocycles. The molecule has 2 aromatic carbocycles. The topological polar surface area (TPSA) is 93.5 Å². The average molecular weight is 394 g/mol. The Morgan fingerprint density at radius 1 is 1.15 bits per heavy atom. The van der Waals surface area contributed by atoms with Gasteiger partial charge in [0.1, 0.15) is 11.3 Å². The van der Waals surface area contributed by atoms with Gasteiger partial charge in [0.25, 0.3) is 5.91 Å². The van der Waals surface area contributed by atoms with Crippen molar-refractivity contribution in [1.82, 2.24) is 4.98 Å². The highest BCUT2D eigenvalue weighted by molar-refractivity contribution is 6.35. The highest BCUT2D eigenvalue weighted by Gasteiger charge is 2.12. The van der Waals surface area contributed by atoms with Crippen LogP contribution in [0.4, 0.5) is 11.7 Å². The van der Waals surface area contributed by atoms with Gasteiger partial charge in [0.15, 0.2) is 12.2 Å². The molecule has 134 valence electrons. The summed E-state index contributed by atoms with van der Waals surface area (Å²) in [5.41, 5.74) is 1.53. The summed E-state index contributed by atoms with van der Waals surface area (Å²) in [4.78, 5) is 27.2. The van der Waals surface area contributed by atoms with Gasteiger partial charge in [-0.1, -0.05) is 23.2 Å². The Hall–Kier alpha value is -2.77. The number of nitrogens with one attached hydrogen (secondary N) is 2. The van der Waals surface area contributed by atoms with Crippen LogP contribution in [0.5, 0.6) is 5.75 Å². The number of amides is 2. The number of anilines is 2. The number of hydrogen-bond donors (Lipinski definition) is 2. The first kappa shape index (κ1) is 18.0. The number of benzene rings is 2. The Balaban J connectivity index is 1.64. The summed E-state index contributed by atoms with van der Waals surface area (Å²) in [5.74, 6) is -0.330. The molecule has 2 amide bonds. The minimum absolute atomic E-state index is 0.0239. The zero-order valence-corrected chi connectivity index (χ0v) is 15.0. The Morgan fingerprint density at radius 2 is 1.96 bits per heavy atom. The third kappa shape index (κ3) is 4.44. The first-order valence-electron chi connectivity index (χ1n) is 7.46. The Bertz CT molecular complexity index is 987. The molecule has 9 heteroatoms. The van der Waals surface area contributed by atoms with Crippen LogP contribution >= 0.6 is 23.2 Å². The zero-order chi connectivity index (χ0) is 18.7. The van der Waals surface area contributed by atoms with Crippen molar-refractivity contribution in [3.05, 3.63) is 46.4 Å². The quantitative estimate of drug-likeness (QED) is 0.679. The highest BCUT2D eigenvalue weighted by Crippen LogP contribution is 2.27. The normalized spacial score (nSPS) is 10.6. The van der Waals surface area contributed by atoms with E-state index in [1.807, 2.05) is 0 Å². The van der Waals surface area contributed by atoms with E-state index in [2.05, 4.69) is 15.6 Å². The second-order valence-electron chi connectivity index (χ2n) is 5.29. The Morgan fingerprint density at radius 3 is 2.69 bits per heavy atom. The molecule has 0 radical (unpaired) electrons. The summed E-state index contributed by atoms with van der Waals surface area (Å²) < 4.78 is 10.8. The molecule has 0 saturated carbocycles. The largest absolute Gasteiger partial charge is 0.482 e. The molecule has 0 bridgehead atoms. The summed E-state index contributed by atoms with van der Waals surface area (Å²) in [6.45, 7) is 1.13. The highest BCUT2D eigenvalue weighted by atomic mass is 35.5. The van der Waals surface area contributed by atoms with Gasteiger partial charge in [-0.2, -0.15) is 4.98 Å². The number of halogens is 2. The van der Waals surface area contributed by atoms with E-state index in [1.54, 1.807) is 30.3 Å².